The van der Waals surface area contributed by atoms with Gasteiger partial charge in [0, 0.05) is 6.42 Å². The van der Waals surface area contributed by atoms with Crippen LogP contribution in [0.1, 0.15) is 52.4 Å². The van der Waals surface area contributed by atoms with Gasteiger partial charge in [-0.25, -0.2) is 18.2 Å². The second kappa shape index (κ2) is 15.4. The first-order chi connectivity index (χ1) is 10.7. The van der Waals surface area contributed by atoms with Gasteiger partial charge < -0.3 is 4.55 Å². The number of nitrogens with zero attached hydrogens (tertiary/aromatic N) is 2. The summed E-state index contributed by atoms with van der Waals surface area (Å²) >= 11 is 1.97. The van der Waals surface area contributed by atoms with E-state index >= 15 is 0 Å². The van der Waals surface area contributed by atoms with Crippen molar-refractivity contribution in [1.82, 2.24) is 9.80 Å². The summed E-state index contributed by atoms with van der Waals surface area (Å²) in [5.74, 6) is 1.25. The quantitative estimate of drug-likeness (QED) is 0.203. The molecule has 0 aliphatic carbocycles. The van der Waals surface area contributed by atoms with Crippen LogP contribution in [0.5, 0.6) is 0 Å². The van der Waals surface area contributed by atoms with Gasteiger partial charge >= 0.3 is 5.11 Å². The number of hydrogen-bond acceptors (Lipinski definition) is 4. The molecule has 6 nitrogen and oxygen atoms in total. The molecule has 0 spiro atoms. The van der Waals surface area contributed by atoms with E-state index in [0.29, 0.717) is 0 Å². The molecule has 0 radical (unpaired) electrons. The first kappa shape index (κ1) is 25.1. The van der Waals surface area contributed by atoms with Crippen molar-refractivity contribution in [3.8, 4) is 0 Å². The van der Waals surface area contributed by atoms with E-state index < -0.39 is 10.4 Å². The molecule has 0 N–H and O–H groups in total. The van der Waals surface area contributed by atoms with Gasteiger partial charge in [-0.15, -0.1) is 0 Å². The molecule has 0 unspecified atom stereocenters. The Bertz CT molecular complexity index is 386. The SMILES string of the molecule is CCCCCCCC[S+]=C(N(C)C)N(C)C.CCOS(=O)(=O)[O-]. The lowest BCUT2D eigenvalue weighted by Crippen LogP contribution is -2.36. The van der Waals surface area contributed by atoms with Gasteiger partial charge in [-0.3, -0.25) is 4.18 Å². The lowest BCUT2D eigenvalue weighted by molar-refractivity contribution is 0.275. The fraction of sp³-hybridized carbons (Fsp3) is 0.933. The fourth-order valence-corrected chi connectivity index (χ4v) is 3.18. The Kier molecular flexibility index (Phi) is 16.8. The average Bonchev–Trinajstić information content (AvgIpc) is 2.40. The second-order valence-electron chi connectivity index (χ2n) is 5.50. The smallest absolute Gasteiger partial charge is 0.324 e. The zero-order valence-electron chi connectivity index (χ0n) is 15.5. The summed E-state index contributed by atoms with van der Waals surface area (Å²) in [5.41, 5.74) is 0. The average molecular weight is 371 g/mol. The van der Waals surface area contributed by atoms with Crippen molar-refractivity contribution >= 4 is 26.9 Å². The molecule has 0 heterocycles. The Hall–Kier alpha value is -0.120. The molecule has 0 aromatic carbocycles. The molecular weight excluding hydrogens is 336 g/mol. The van der Waals surface area contributed by atoms with Crippen molar-refractivity contribution in [2.45, 2.75) is 52.4 Å². The second-order valence-corrected chi connectivity index (χ2v) is 7.62. The highest BCUT2D eigenvalue weighted by atomic mass is 32.3. The molecule has 0 aliphatic heterocycles. The molecule has 0 aromatic heterocycles. The van der Waals surface area contributed by atoms with Crippen LogP contribution < -0.4 is 0 Å². The van der Waals surface area contributed by atoms with Crippen LogP contribution in [0.3, 0.4) is 0 Å². The van der Waals surface area contributed by atoms with Gasteiger partial charge in [0.2, 0.25) is 21.7 Å². The summed E-state index contributed by atoms with van der Waals surface area (Å²) in [5, 5.41) is 1.36. The van der Waals surface area contributed by atoms with Crippen LogP contribution in [0.4, 0.5) is 0 Å². The van der Waals surface area contributed by atoms with Crippen LogP contribution in [0.25, 0.3) is 0 Å². The highest BCUT2D eigenvalue weighted by Gasteiger charge is 2.15. The molecule has 0 saturated carbocycles. The van der Waals surface area contributed by atoms with Crippen LogP contribution >= 0.6 is 0 Å². The molecule has 0 aliphatic rings. The van der Waals surface area contributed by atoms with Crippen molar-refractivity contribution in [2.75, 3.05) is 40.6 Å². The predicted molar refractivity (Wildman–Crippen MR) is 99.3 cm³/mol. The Morgan fingerprint density at radius 1 is 0.957 bits per heavy atom. The highest BCUT2D eigenvalue weighted by Crippen LogP contribution is 2.04. The highest BCUT2D eigenvalue weighted by molar-refractivity contribution is 7.80. The number of hydrogen-bond donors (Lipinski definition) is 0. The molecule has 0 rings (SSSR count). The van der Waals surface area contributed by atoms with E-state index in [4.69, 9.17) is 0 Å². The third-order valence-electron chi connectivity index (χ3n) is 2.76. The lowest BCUT2D eigenvalue weighted by Gasteiger charge is -2.11. The maximum absolute atomic E-state index is 9.45. The summed E-state index contributed by atoms with van der Waals surface area (Å²) in [6.07, 6.45) is 8.31. The minimum atomic E-state index is -4.42. The van der Waals surface area contributed by atoms with Crippen LogP contribution in [-0.4, -0.2) is 68.4 Å². The van der Waals surface area contributed by atoms with Crippen molar-refractivity contribution in [1.29, 1.82) is 0 Å². The maximum Gasteiger partial charge on any atom is 0.324 e. The van der Waals surface area contributed by atoms with Crippen LogP contribution in [0, 0.1) is 0 Å². The minimum Gasteiger partial charge on any atom is -0.726 e. The summed E-state index contributed by atoms with van der Waals surface area (Å²) in [4.78, 5) is 4.39. The summed E-state index contributed by atoms with van der Waals surface area (Å²) in [6.45, 7) is 3.60. The van der Waals surface area contributed by atoms with Gasteiger partial charge in [-0.05, 0) is 41.5 Å². The van der Waals surface area contributed by atoms with E-state index in [9.17, 15) is 13.0 Å². The molecule has 0 aromatic rings. The fourth-order valence-electron chi connectivity index (χ4n) is 1.85. The molecule has 0 bridgehead atoms. The third kappa shape index (κ3) is 19.8. The van der Waals surface area contributed by atoms with Crippen molar-refractivity contribution < 1.29 is 17.2 Å². The van der Waals surface area contributed by atoms with Crippen LogP contribution in [0.2, 0.25) is 0 Å². The normalized spacial score (nSPS) is 11.3. The van der Waals surface area contributed by atoms with Gasteiger partial charge in [0.15, 0.2) is 5.75 Å². The van der Waals surface area contributed by atoms with Crippen LogP contribution in [0.15, 0.2) is 0 Å². The lowest BCUT2D eigenvalue weighted by atomic mass is 10.1. The van der Waals surface area contributed by atoms with E-state index in [1.54, 1.807) is 0 Å². The summed E-state index contributed by atoms with van der Waals surface area (Å²) < 4.78 is 32.0. The third-order valence-corrected chi connectivity index (χ3v) is 4.76. The monoisotopic (exact) mass is 370 g/mol. The minimum absolute atomic E-state index is 0.0914. The van der Waals surface area contributed by atoms with E-state index in [1.807, 2.05) is 11.4 Å². The standard InChI is InChI=1S/C13H29N2S.C2H6O4S/c1-6-7-8-9-10-11-12-16-13(14(2)3)15(4)5;1-2-6-7(3,4)5/h6-12H2,1-5H3;2H2,1H3,(H,3,4,5)/q+1;/p-1. The number of unbranched alkanes of at least 4 members (excludes halogenated alkanes) is 5. The van der Waals surface area contributed by atoms with E-state index in [-0.39, 0.29) is 6.61 Å². The Balaban J connectivity index is 0. The molecule has 0 atom stereocenters. The first-order valence-corrected chi connectivity index (χ1v) is 10.4. The van der Waals surface area contributed by atoms with E-state index in [1.165, 1.54) is 56.3 Å². The van der Waals surface area contributed by atoms with Gasteiger partial charge in [-0.2, -0.15) is 0 Å². The van der Waals surface area contributed by atoms with Gasteiger partial charge in [0.1, 0.15) is 0 Å². The van der Waals surface area contributed by atoms with Crippen molar-refractivity contribution in [2.24, 2.45) is 0 Å². The largest absolute Gasteiger partial charge is 0.726 e. The molecule has 0 saturated heterocycles. The molecular formula is C15H34N2O4S2. The molecule has 140 valence electrons. The molecule has 23 heavy (non-hydrogen) atoms. The zero-order chi connectivity index (χ0) is 18.3. The van der Waals surface area contributed by atoms with E-state index in [0.717, 1.165) is 0 Å². The van der Waals surface area contributed by atoms with Crippen molar-refractivity contribution in [3.63, 3.8) is 0 Å². The van der Waals surface area contributed by atoms with Gasteiger partial charge in [0.05, 0.1) is 6.61 Å². The van der Waals surface area contributed by atoms with Gasteiger partial charge in [-0.1, -0.05) is 32.6 Å². The van der Waals surface area contributed by atoms with Crippen molar-refractivity contribution in [3.05, 3.63) is 0 Å². The Morgan fingerprint density at radius 2 is 1.43 bits per heavy atom. The Morgan fingerprint density at radius 3 is 1.78 bits per heavy atom. The first-order valence-electron chi connectivity index (χ1n) is 8.10. The molecule has 0 fully saturated rings. The summed E-state index contributed by atoms with van der Waals surface area (Å²) in [6, 6.07) is 0. The maximum atomic E-state index is 9.45. The topological polar surface area (TPSA) is 72.9 Å². The zero-order valence-corrected chi connectivity index (χ0v) is 17.1. The molecule has 0 amide bonds. The molecule has 8 heteroatoms. The van der Waals surface area contributed by atoms with Crippen LogP contribution in [-0.2, 0) is 25.9 Å². The number of rotatable bonds is 9. The predicted octanol–water partition coefficient (Wildman–Crippen LogP) is 2.12. The summed E-state index contributed by atoms with van der Waals surface area (Å²) in [7, 11) is 4.03. The Labute approximate surface area is 147 Å². The van der Waals surface area contributed by atoms with Gasteiger partial charge in [0.25, 0.3) is 0 Å². The van der Waals surface area contributed by atoms with E-state index in [2.05, 4.69) is 49.1 Å².